The third-order valence-corrected chi connectivity index (χ3v) is 5.82. The summed E-state index contributed by atoms with van der Waals surface area (Å²) in [6.45, 7) is 3.48. The van der Waals surface area contributed by atoms with Crippen LogP contribution in [0.1, 0.15) is 23.6 Å². The molecule has 1 atom stereocenters. The molecule has 1 heterocycles. The first-order valence-electron chi connectivity index (χ1n) is 8.18. The third-order valence-electron chi connectivity index (χ3n) is 4.70. The average Bonchev–Trinajstić information content (AvgIpc) is 2.53. The number of fused-ring (bicyclic) bond motifs is 1. The Hall–Kier alpha value is -1.76. The van der Waals surface area contributed by atoms with Crippen molar-refractivity contribution >= 4 is 9.84 Å². The molecule has 1 unspecified atom stereocenters. The van der Waals surface area contributed by atoms with Gasteiger partial charge in [0.25, 0.3) is 0 Å². The summed E-state index contributed by atoms with van der Waals surface area (Å²) >= 11 is 0. The largest absolute Gasteiger partial charge is 0.384 e. The summed E-state index contributed by atoms with van der Waals surface area (Å²) in [5.41, 5.74) is 1.63. The maximum Gasteiger partial charge on any atom is 0.175 e. The van der Waals surface area contributed by atoms with Crippen molar-refractivity contribution < 1.29 is 17.9 Å². The molecule has 4 nitrogen and oxygen atoms in total. The van der Waals surface area contributed by atoms with Gasteiger partial charge in [-0.3, -0.25) is 4.90 Å². The standard InChI is InChI=1S/C19H22FNO3S/c1-19(22,16-4-7-18(8-5-16)25(2,23)24)13-21-10-9-14-3-6-17(20)11-15(14)12-21/h3-8,11,22H,9-10,12-13H2,1-2H3. The highest BCUT2D eigenvalue weighted by Gasteiger charge is 2.28. The van der Waals surface area contributed by atoms with Crippen molar-refractivity contribution in [1.82, 2.24) is 4.90 Å². The highest BCUT2D eigenvalue weighted by Crippen LogP contribution is 2.27. The molecule has 1 N–H and O–H groups in total. The van der Waals surface area contributed by atoms with Crippen LogP contribution in [0.15, 0.2) is 47.4 Å². The van der Waals surface area contributed by atoms with E-state index >= 15 is 0 Å². The summed E-state index contributed by atoms with van der Waals surface area (Å²) in [7, 11) is -3.26. The number of nitrogens with zero attached hydrogens (tertiary/aromatic N) is 1. The van der Waals surface area contributed by atoms with Crippen LogP contribution in [-0.4, -0.2) is 37.8 Å². The predicted molar refractivity (Wildman–Crippen MR) is 94.5 cm³/mol. The monoisotopic (exact) mass is 363 g/mol. The highest BCUT2D eigenvalue weighted by molar-refractivity contribution is 7.90. The lowest BCUT2D eigenvalue weighted by atomic mass is 9.93. The zero-order valence-electron chi connectivity index (χ0n) is 14.4. The lowest BCUT2D eigenvalue weighted by Gasteiger charge is -2.35. The second-order valence-corrected chi connectivity index (χ2v) is 8.96. The summed E-state index contributed by atoms with van der Waals surface area (Å²) in [5.74, 6) is -0.247. The fourth-order valence-electron chi connectivity index (χ4n) is 3.31. The molecule has 0 saturated carbocycles. The van der Waals surface area contributed by atoms with Crippen LogP contribution in [-0.2, 0) is 28.4 Å². The van der Waals surface area contributed by atoms with Crippen molar-refractivity contribution in [3.05, 3.63) is 65.0 Å². The van der Waals surface area contributed by atoms with Gasteiger partial charge in [-0.2, -0.15) is 0 Å². The Bertz CT molecular complexity index is 876. The van der Waals surface area contributed by atoms with E-state index in [9.17, 15) is 17.9 Å². The van der Waals surface area contributed by atoms with Crippen LogP contribution in [0, 0.1) is 5.82 Å². The van der Waals surface area contributed by atoms with Crippen molar-refractivity contribution in [3.63, 3.8) is 0 Å². The van der Waals surface area contributed by atoms with Crippen LogP contribution in [0.25, 0.3) is 0 Å². The molecule has 3 rings (SSSR count). The number of halogens is 1. The molecule has 0 fully saturated rings. The molecule has 2 aromatic carbocycles. The van der Waals surface area contributed by atoms with Crippen LogP contribution in [0.3, 0.4) is 0 Å². The Kier molecular flexibility index (Phi) is 4.70. The Labute approximate surface area is 147 Å². The smallest absolute Gasteiger partial charge is 0.175 e. The molecular formula is C19H22FNO3S. The van der Waals surface area contributed by atoms with E-state index in [0.29, 0.717) is 18.7 Å². The first kappa shape index (κ1) is 18.0. The minimum absolute atomic E-state index is 0.231. The van der Waals surface area contributed by atoms with Gasteiger partial charge in [0.2, 0.25) is 0 Å². The van der Waals surface area contributed by atoms with Crippen LogP contribution in [0.2, 0.25) is 0 Å². The van der Waals surface area contributed by atoms with Gasteiger partial charge in [-0.15, -0.1) is 0 Å². The van der Waals surface area contributed by atoms with Crippen LogP contribution in [0.4, 0.5) is 4.39 Å². The van der Waals surface area contributed by atoms with Gasteiger partial charge in [-0.1, -0.05) is 18.2 Å². The quantitative estimate of drug-likeness (QED) is 0.907. The SMILES string of the molecule is CC(O)(CN1CCc2ccc(F)cc2C1)c1ccc(S(C)(=O)=O)cc1. The molecule has 0 amide bonds. The fourth-order valence-corrected chi connectivity index (χ4v) is 3.94. The van der Waals surface area contributed by atoms with Crippen LogP contribution < -0.4 is 0 Å². The van der Waals surface area contributed by atoms with Crippen LogP contribution in [0.5, 0.6) is 0 Å². The first-order valence-corrected chi connectivity index (χ1v) is 10.1. The number of sulfone groups is 1. The van der Waals surface area contributed by atoms with E-state index in [2.05, 4.69) is 4.90 Å². The van der Waals surface area contributed by atoms with E-state index in [4.69, 9.17) is 0 Å². The zero-order valence-corrected chi connectivity index (χ0v) is 15.2. The third kappa shape index (κ3) is 4.08. The molecule has 0 bridgehead atoms. The number of benzene rings is 2. The molecule has 0 spiro atoms. The lowest BCUT2D eigenvalue weighted by molar-refractivity contribution is 0.0116. The topological polar surface area (TPSA) is 57.6 Å². The van der Waals surface area contributed by atoms with Gasteiger partial charge in [0, 0.05) is 25.9 Å². The minimum atomic E-state index is -3.26. The Morgan fingerprint density at radius 2 is 1.84 bits per heavy atom. The molecule has 25 heavy (non-hydrogen) atoms. The van der Waals surface area contributed by atoms with E-state index in [1.807, 2.05) is 6.07 Å². The minimum Gasteiger partial charge on any atom is -0.384 e. The zero-order chi connectivity index (χ0) is 18.2. The van der Waals surface area contributed by atoms with Crippen LogP contribution >= 0.6 is 0 Å². The number of β-amino-alcohol motifs (C(OH)–C–C–N with tert-alkyl or cyclic N) is 1. The van der Waals surface area contributed by atoms with E-state index in [1.165, 1.54) is 18.2 Å². The molecule has 1 aliphatic rings. The Morgan fingerprint density at radius 3 is 2.48 bits per heavy atom. The first-order chi connectivity index (χ1) is 11.6. The summed E-state index contributed by atoms with van der Waals surface area (Å²) < 4.78 is 36.5. The molecule has 0 radical (unpaired) electrons. The van der Waals surface area contributed by atoms with Crippen molar-refractivity contribution in [1.29, 1.82) is 0 Å². The van der Waals surface area contributed by atoms with Crippen molar-refractivity contribution in [2.75, 3.05) is 19.3 Å². The van der Waals surface area contributed by atoms with Gasteiger partial charge in [0.05, 0.1) is 10.5 Å². The average molecular weight is 363 g/mol. The van der Waals surface area contributed by atoms with E-state index in [-0.39, 0.29) is 10.7 Å². The predicted octanol–water partition coefficient (Wildman–Crippen LogP) is 2.50. The van der Waals surface area contributed by atoms with Gasteiger partial charge in [-0.25, -0.2) is 12.8 Å². The molecule has 0 aliphatic carbocycles. The van der Waals surface area contributed by atoms with Gasteiger partial charge in [-0.05, 0) is 54.3 Å². The van der Waals surface area contributed by atoms with Crippen molar-refractivity contribution in [3.8, 4) is 0 Å². The maximum absolute atomic E-state index is 13.4. The molecule has 0 saturated heterocycles. The van der Waals surface area contributed by atoms with Crippen molar-refractivity contribution in [2.45, 2.75) is 30.4 Å². The van der Waals surface area contributed by atoms with Gasteiger partial charge in [0.15, 0.2) is 9.84 Å². The molecule has 2 aromatic rings. The van der Waals surface area contributed by atoms with E-state index in [0.717, 1.165) is 30.3 Å². The molecule has 0 aromatic heterocycles. The Balaban J connectivity index is 1.75. The van der Waals surface area contributed by atoms with Gasteiger partial charge < -0.3 is 5.11 Å². The number of hydrogen-bond donors (Lipinski definition) is 1. The molecular weight excluding hydrogens is 341 g/mol. The fraction of sp³-hybridized carbons (Fsp3) is 0.368. The second-order valence-electron chi connectivity index (χ2n) is 6.94. The van der Waals surface area contributed by atoms with Crippen molar-refractivity contribution in [2.24, 2.45) is 0 Å². The maximum atomic E-state index is 13.4. The number of rotatable bonds is 4. The summed E-state index contributed by atoms with van der Waals surface area (Å²) in [6.07, 6.45) is 1.98. The van der Waals surface area contributed by atoms with Gasteiger partial charge >= 0.3 is 0 Å². The summed E-state index contributed by atoms with van der Waals surface area (Å²) in [5, 5.41) is 10.9. The van der Waals surface area contributed by atoms with E-state index < -0.39 is 15.4 Å². The molecule has 134 valence electrons. The highest BCUT2D eigenvalue weighted by atomic mass is 32.2. The number of aliphatic hydroxyl groups is 1. The normalized spacial score (nSPS) is 17.8. The molecule has 1 aliphatic heterocycles. The second kappa shape index (κ2) is 6.52. The van der Waals surface area contributed by atoms with E-state index in [1.54, 1.807) is 25.1 Å². The molecule has 6 heteroatoms. The van der Waals surface area contributed by atoms with Gasteiger partial charge in [0.1, 0.15) is 5.82 Å². The summed E-state index contributed by atoms with van der Waals surface area (Å²) in [6, 6.07) is 11.2. The lowest BCUT2D eigenvalue weighted by Crippen LogP contribution is -2.41. The number of hydrogen-bond acceptors (Lipinski definition) is 4. The Morgan fingerprint density at radius 1 is 1.16 bits per heavy atom. The summed E-state index contributed by atoms with van der Waals surface area (Å²) in [4.78, 5) is 2.32.